The van der Waals surface area contributed by atoms with Crippen LogP contribution in [0.15, 0.2) is 24.3 Å². The van der Waals surface area contributed by atoms with Crippen molar-refractivity contribution in [1.29, 1.82) is 0 Å². The lowest BCUT2D eigenvalue weighted by atomic mass is 10.2. The van der Waals surface area contributed by atoms with Crippen LogP contribution >= 0.6 is 0 Å². The molecule has 0 aliphatic carbocycles. The molecule has 0 fully saturated rings. The largest absolute Gasteiger partial charge is 0.508 e. The minimum absolute atomic E-state index is 0.0132. The van der Waals surface area contributed by atoms with Gasteiger partial charge in [0.1, 0.15) is 19.0 Å². The fraction of sp³-hybridized carbons (Fsp3) is 0.273. The second-order valence-electron chi connectivity index (χ2n) is 3.02. The molecule has 5 heteroatoms. The van der Waals surface area contributed by atoms with Gasteiger partial charge in [-0.25, -0.2) is 4.79 Å². The number of hydrogen-bond acceptors (Lipinski definition) is 5. The lowest BCUT2D eigenvalue weighted by molar-refractivity contribution is -0.142. The molecule has 0 heterocycles. The normalized spacial score (nSPS) is 9.56. The van der Waals surface area contributed by atoms with Crippen molar-refractivity contribution >= 4 is 11.9 Å². The Morgan fingerprint density at radius 2 is 1.69 bits per heavy atom. The van der Waals surface area contributed by atoms with Gasteiger partial charge in [0.25, 0.3) is 0 Å². The van der Waals surface area contributed by atoms with Crippen molar-refractivity contribution in [3.8, 4) is 5.75 Å². The molecule has 0 amide bonds. The van der Waals surface area contributed by atoms with Gasteiger partial charge in [-0.3, -0.25) is 4.79 Å². The molecule has 0 aliphatic heterocycles. The van der Waals surface area contributed by atoms with E-state index in [2.05, 4.69) is 4.74 Å². The molecule has 0 aromatic heterocycles. The van der Waals surface area contributed by atoms with Crippen LogP contribution in [0.1, 0.15) is 17.3 Å². The molecule has 0 spiro atoms. The standard InChI is InChI=1S/C11H12O5/c1-8(12)15-6-7-16-11(14)9-2-4-10(13)5-3-9/h2-5,13H,6-7H2,1H3. The van der Waals surface area contributed by atoms with Crippen molar-refractivity contribution in [3.63, 3.8) is 0 Å². The maximum Gasteiger partial charge on any atom is 0.338 e. The van der Waals surface area contributed by atoms with E-state index in [9.17, 15) is 9.59 Å². The van der Waals surface area contributed by atoms with Gasteiger partial charge in [0, 0.05) is 6.92 Å². The van der Waals surface area contributed by atoms with Crippen molar-refractivity contribution in [2.24, 2.45) is 0 Å². The Morgan fingerprint density at radius 3 is 2.25 bits per heavy atom. The summed E-state index contributed by atoms with van der Waals surface area (Å²) in [6, 6.07) is 5.68. The zero-order valence-corrected chi connectivity index (χ0v) is 8.80. The third kappa shape index (κ3) is 4.00. The monoisotopic (exact) mass is 224 g/mol. The van der Waals surface area contributed by atoms with Gasteiger partial charge in [0.2, 0.25) is 0 Å². The molecule has 1 aromatic rings. The lowest BCUT2D eigenvalue weighted by Crippen LogP contribution is -2.12. The highest BCUT2D eigenvalue weighted by Crippen LogP contribution is 2.10. The summed E-state index contributed by atoms with van der Waals surface area (Å²) in [6.07, 6.45) is 0. The molecule has 0 bridgehead atoms. The van der Waals surface area contributed by atoms with Gasteiger partial charge in [0.05, 0.1) is 5.56 Å². The number of ether oxygens (including phenoxy) is 2. The number of hydrogen-bond donors (Lipinski definition) is 1. The first-order valence-corrected chi connectivity index (χ1v) is 4.69. The number of benzene rings is 1. The molecule has 5 nitrogen and oxygen atoms in total. The number of carbonyl (C=O) groups is 2. The van der Waals surface area contributed by atoms with E-state index in [-0.39, 0.29) is 19.0 Å². The van der Waals surface area contributed by atoms with E-state index >= 15 is 0 Å². The fourth-order valence-corrected chi connectivity index (χ4v) is 1.00. The smallest absolute Gasteiger partial charge is 0.338 e. The topological polar surface area (TPSA) is 72.8 Å². The van der Waals surface area contributed by atoms with E-state index in [1.807, 2.05) is 0 Å². The Hall–Kier alpha value is -2.04. The molecule has 0 saturated carbocycles. The molecular formula is C11H12O5. The van der Waals surface area contributed by atoms with Crippen molar-refractivity contribution < 1.29 is 24.2 Å². The molecule has 0 unspecified atom stereocenters. The van der Waals surface area contributed by atoms with Gasteiger partial charge in [-0.15, -0.1) is 0 Å². The van der Waals surface area contributed by atoms with Crippen molar-refractivity contribution in [3.05, 3.63) is 29.8 Å². The lowest BCUT2D eigenvalue weighted by Gasteiger charge is -2.04. The van der Waals surface area contributed by atoms with Crippen molar-refractivity contribution in [2.75, 3.05) is 13.2 Å². The molecule has 0 aliphatic rings. The van der Waals surface area contributed by atoms with Gasteiger partial charge < -0.3 is 14.6 Å². The van der Waals surface area contributed by atoms with Gasteiger partial charge in [-0.2, -0.15) is 0 Å². The Kier molecular flexibility index (Phi) is 4.32. The van der Waals surface area contributed by atoms with Gasteiger partial charge in [0.15, 0.2) is 0 Å². The summed E-state index contributed by atoms with van der Waals surface area (Å²) in [6.45, 7) is 1.33. The molecule has 0 atom stereocenters. The van der Waals surface area contributed by atoms with Gasteiger partial charge in [-0.1, -0.05) is 0 Å². The summed E-state index contributed by atoms with van der Waals surface area (Å²) in [4.78, 5) is 21.8. The van der Waals surface area contributed by atoms with E-state index in [4.69, 9.17) is 9.84 Å². The summed E-state index contributed by atoms with van der Waals surface area (Å²) < 4.78 is 9.41. The quantitative estimate of drug-likeness (QED) is 0.612. The van der Waals surface area contributed by atoms with Gasteiger partial charge >= 0.3 is 11.9 Å². The molecule has 1 N–H and O–H groups in total. The van der Waals surface area contributed by atoms with Crippen LogP contribution in [0.5, 0.6) is 5.75 Å². The third-order valence-corrected chi connectivity index (χ3v) is 1.72. The Labute approximate surface area is 92.6 Å². The van der Waals surface area contributed by atoms with E-state index in [0.29, 0.717) is 5.56 Å². The van der Waals surface area contributed by atoms with Gasteiger partial charge in [-0.05, 0) is 24.3 Å². The molecule has 0 radical (unpaired) electrons. The summed E-state index contributed by atoms with van der Waals surface area (Å²) in [5.41, 5.74) is 0.334. The van der Waals surface area contributed by atoms with E-state index in [1.54, 1.807) is 0 Å². The first-order valence-electron chi connectivity index (χ1n) is 4.69. The molecular weight excluding hydrogens is 212 g/mol. The predicted octanol–water partition coefficient (Wildman–Crippen LogP) is 1.11. The minimum atomic E-state index is -0.521. The van der Waals surface area contributed by atoms with Crippen LogP contribution in [0.4, 0.5) is 0 Å². The molecule has 86 valence electrons. The molecule has 1 aromatic carbocycles. The zero-order chi connectivity index (χ0) is 12.0. The average molecular weight is 224 g/mol. The summed E-state index contributed by atoms with van der Waals surface area (Å²) >= 11 is 0. The second kappa shape index (κ2) is 5.75. The number of aromatic hydroxyl groups is 1. The summed E-state index contributed by atoms with van der Waals surface area (Å²) in [7, 11) is 0. The van der Waals surface area contributed by atoms with Crippen LogP contribution in [0.3, 0.4) is 0 Å². The van der Waals surface area contributed by atoms with E-state index in [0.717, 1.165) is 0 Å². The first kappa shape index (κ1) is 12.0. The number of phenols is 1. The Morgan fingerprint density at radius 1 is 1.12 bits per heavy atom. The third-order valence-electron chi connectivity index (χ3n) is 1.72. The summed E-state index contributed by atoms with van der Waals surface area (Å²) in [5, 5.41) is 9.00. The Bertz CT molecular complexity index is 368. The number of rotatable bonds is 4. The second-order valence-corrected chi connectivity index (χ2v) is 3.02. The Balaban J connectivity index is 2.35. The highest BCUT2D eigenvalue weighted by atomic mass is 16.6. The van der Waals surface area contributed by atoms with E-state index in [1.165, 1.54) is 31.2 Å². The summed E-state index contributed by atoms with van der Waals surface area (Å²) in [5.74, 6) is -0.857. The average Bonchev–Trinajstić information content (AvgIpc) is 2.25. The molecule has 16 heavy (non-hydrogen) atoms. The van der Waals surface area contributed by atoms with Crippen LogP contribution < -0.4 is 0 Å². The van der Waals surface area contributed by atoms with Crippen molar-refractivity contribution in [1.82, 2.24) is 0 Å². The van der Waals surface area contributed by atoms with Crippen molar-refractivity contribution in [2.45, 2.75) is 6.92 Å². The van der Waals surface area contributed by atoms with Crippen LogP contribution in [-0.4, -0.2) is 30.3 Å². The first-order chi connectivity index (χ1) is 7.59. The van der Waals surface area contributed by atoms with Crippen LogP contribution in [0, 0.1) is 0 Å². The van der Waals surface area contributed by atoms with Crippen LogP contribution in [-0.2, 0) is 14.3 Å². The maximum atomic E-state index is 11.4. The maximum absolute atomic E-state index is 11.4. The molecule has 1 rings (SSSR count). The predicted molar refractivity (Wildman–Crippen MR) is 55.0 cm³/mol. The van der Waals surface area contributed by atoms with Crippen LogP contribution in [0.25, 0.3) is 0 Å². The number of esters is 2. The van der Waals surface area contributed by atoms with Crippen LogP contribution in [0.2, 0.25) is 0 Å². The number of carbonyl (C=O) groups excluding carboxylic acids is 2. The highest BCUT2D eigenvalue weighted by molar-refractivity contribution is 5.89. The zero-order valence-electron chi connectivity index (χ0n) is 8.80. The fourth-order valence-electron chi connectivity index (χ4n) is 1.00. The number of phenolic OH excluding ortho intramolecular Hbond substituents is 1. The molecule has 0 saturated heterocycles. The minimum Gasteiger partial charge on any atom is -0.508 e. The highest BCUT2D eigenvalue weighted by Gasteiger charge is 2.06. The SMILES string of the molecule is CC(=O)OCCOC(=O)c1ccc(O)cc1. The van der Waals surface area contributed by atoms with E-state index < -0.39 is 11.9 Å².